The highest BCUT2D eigenvalue weighted by Gasteiger charge is 2.16. The molecule has 1 amide bonds. The summed E-state index contributed by atoms with van der Waals surface area (Å²) in [7, 11) is 0. The van der Waals surface area contributed by atoms with Crippen LogP contribution in [0.25, 0.3) is 0 Å². The minimum absolute atomic E-state index is 0.248. The molecule has 128 valence electrons. The number of aromatic nitrogens is 2. The number of nitrogens with zero attached hydrogens (tertiary/aromatic N) is 2. The Kier molecular flexibility index (Phi) is 5.40. The molecule has 0 saturated heterocycles. The van der Waals surface area contributed by atoms with Gasteiger partial charge in [0.2, 0.25) is 0 Å². The summed E-state index contributed by atoms with van der Waals surface area (Å²) in [6, 6.07) is 10.6. The van der Waals surface area contributed by atoms with E-state index in [4.69, 9.17) is 16.1 Å². The van der Waals surface area contributed by atoms with Crippen molar-refractivity contribution in [2.75, 3.05) is 5.32 Å². The van der Waals surface area contributed by atoms with Crippen molar-refractivity contribution in [3.63, 3.8) is 0 Å². The lowest BCUT2D eigenvalue weighted by molar-refractivity contribution is 0.102. The molecule has 0 fully saturated rings. The maximum Gasteiger partial charge on any atom is 0.258 e. The fraction of sp³-hybridized carbons (Fsp3) is 0.167. The van der Waals surface area contributed by atoms with Gasteiger partial charge < -0.3 is 9.84 Å². The van der Waals surface area contributed by atoms with Gasteiger partial charge in [0, 0.05) is 17.5 Å². The van der Waals surface area contributed by atoms with Crippen molar-refractivity contribution in [1.82, 2.24) is 10.1 Å². The molecule has 3 rings (SSSR count). The number of aryl methyl sites for hydroxylation is 2. The third-order valence-electron chi connectivity index (χ3n) is 3.67. The average Bonchev–Trinajstić information content (AvgIpc) is 2.93. The van der Waals surface area contributed by atoms with Crippen LogP contribution in [0.3, 0.4) is 0 Å². The molecule has 2 heterocycles. The number of halogens is 1. The normalized spacial score (nSPS) is 10.7. The van der Waals surface area contributed by atoms with Gasteiger partial charge in [-0.3, -0.25) is 4.79 Å². The molecule has 1 aromatic carbocycles. The van der Waals surface area contributed by atoms with Gasteiger partial charge in [-0.25, -0.2) is 4.98 Å². The Morgan fingerprint density at radius 2 is 2.04 bits per heavy atom. The lowest BCUT2D eigenvalue weighted by Crippen LogP contribution is -2.14. The summed E-state index contributed by atoms with van der Waals surface area (Å²) in [5, 5.41) is 7.91. The predicted molar refractivity (Wildman–Crippen MR) is 99.2 cm³/mol. The van der Waals surface area contributed by atoms with Crippen LogP contribution in [0.5, 0.6) is 0 Å². The van der Waals surface area contributed by atoms with E-state index < -0.39 is 0 Å². The zero-order valence-electron chi connectivity index (χ0n) is 13.7. The fourth-order valence-electron chi connectivity index (χ4n) is 2.28. The summed E-state index contributed by atoms with van der Waals surface area (Å²) in [4.78, 5) is 17.0. The highest BCUT2D eigenvalue weighted by Crippen LogP contribution is 2.28. The van der Waals surface area contributed by atoms with Crippen LogP contribution in [0.15, 0.2) is 52.1 Å². The highest BCUT2D eigenvalue weighted by atomic mass is 35.5. The van der Waals surface area contributed by atoms with Gasteiger partial charge in [0.15, 0.2) is 0 Å². The maximum atomic E-state index is 12.6. The second-order valence-corrected chi connectivity index (χ2v) is 6.75. The van der Waals surface area contributed by atoms with Crippen molar-refractivity contribution in [2.24, 2.45) is 0 Å². The smallest absolute Gasteiger partial charge is 0.258 e. The number of para-hydroxylation sites is 1. The van der Waals surface area contributed by atoms with Gasteiger partial charge in [-0.2, -0.15) is 0 Å². The van der Waals surface area contributed by atoms with E-state index in [1.807, 2.05) is 26.0 Å². The predicted octanol–water partition coefficient (Wildman–Crippen LogP) is 4.88. The molecule has 0 aliphatic carbocycles. The molecule has 7 heteroatoms. The van der Waals surface area contributed by atoms with E-state index in [1.165, 1.54) is 11.8 Å². The summed E-state index contributed by atoms with van der Waals surface area (Å²) in [6.45, 7) is 3.77. The minimum Gasteiger partial charge on any atom is -0.361 e. The first kappa shape index (κ1) is 17.5. The molecule has 0 aliphatic heterocycles. The van der Waals surface area contributed by atoms with Crippen molar-refractivity contribution in [2.45, 2.75) is 24.6 Å². The summed E-state index contributed by atoms with van der Waals surface area (Å²) < 4.78 is 5.18. The topological polar surface area (TPSA) is 68.0 Å². The molecule has 0 atom stereocenters. The van der Waals surface area contributed by atoms with Gasteiger partial charge in [0.05, 0.1) is 22.0 Å². The number of carbonyl (C=O) groups excluding carboxylic acids is 1. The molecule has 5 nitrogen and oxygen atoms in total. The van der Waals surface area contributed by atoms with Gasteiger partial charge in [-0.15, -0.1) is 11.8 Å². The first-order valence-electron chi connectivity index (χ1n) is 7.61. The van der Waals surface area contributed by atoms with Gasteiger partial charge in [-0.1, -0.05) is 28.9 Å². The number of benzene rings is 1. The molecule has 0 bridgehead atoms. The van der Waals surface area contributed by atoms with Gasteiger partial charge in [0.1, 0.15) is 10.8 Å². The zero-order chi connectivity index (χ0) is 17.8. The second-order valence-electron chi connectivity index (χ2n) is 5.38. The zero-order valence-corrected chi connectivity index (χ0v) is 15.3. The molecule has 0 radical (unpaired) electrons. The van der Waals surface area contributed by atoms with Crippen LogP contribution in [0.4, 0.5) is 5.69 Å². The second kappa shape index (κ2) is 7.72. The van der Waals surface area contributed by atoms with Crippen molar-refractivity contribution in [3.8, 4) is 0 Å². The minimum atomic E-state index is -0.248. The molecule has 0 spiro atoms. The van der Waals surface area contributed by atoms with E-state index >= 15 is 0 Å². The molecule has 0 unspecified atom stereocenters. The third-order valence-corrected chi connectivity index (χ3v) is 5.03. The maximum absolute atomic E-state index is 12.6. The van der Waals surface area contributed by atoms with E-state index in [0.717, 1.165) is 17.0 Å². The number of hydrogen-bond donors (Lipinski definition) is 1. The van der Waals surface area contributed by atoms with E-state index in [-0.39, 0.29) is 5.91 Å². The Labute approximate surface area is 154 Å². The summed E-state index contributed by atoms with van der Waals surface area (Å²) >= 11 is 7.58. The number of nitrogens with one attached hydrogen (secondary N) is 1. The molecule has 2 aromatic heterocycles. The Balaban J connectivity index is 1.79. The number of anilines is 1. The lowest BCUT2D eigenvalue weighted by atomic mass is 10.2. The van der Waals surface area contributed by atoms with Crippen LogP contribution in [0, 0.1) is 13.8 Å². The van der Waals surface area contributed by atoms with E-state index in [2.05, 4.69) is 15.5 Å². The van der Waals surface area contributed by atoms with E-state index in [0.29, 0.717) is 27.1 Å². The van der Waals surface area contributed by atoms with Crippen molar-refractivity contribution >= 4 is 35.0 Å². The van der Waals surface area contributed by atoms with Crippen LogP contribution in [-0.2, 0) is 5.75 Å². The van der Waals surface area contributed by atoms with Gasteiger partial charge in [-0.05, 0) is 38.1 Å². The largest absolute Gasteiger partial charge is 0.361 e. The monoisotopic (exact) mass is 373 g/mol. The number of carbonyl (C=O) groups is 1. The van der Waals surface area contributed by atoms with E-state index in [1.54, 1.807) is 30.5 Å². The Bertz CT molecular complexity index is 891. The molecule has 25 heavy (non-hydrogen) atoms. The fourth-order valence-corrected chi connectivity index (χ4v) is 3.61. The highest BCUT2D eigenvalue weighted by molar-refractivity contribution is 7.98. The van der Waals surface area contributed by atoms with Crippen LogP contribution in [-0.4, -0.2) is 16.0 Å². The molecule has 0 aliphatic rings. The quantitative estimate of drug-likeness (QED) is 0.645. The number of thioether (sulfide) groups is 1. The van der Waals surface area contributed by atoms with Crippen molar-refractivity contribution in [1.29, 1.82) is 0 Å². The van der Waals surface area contributed by atoms with Crippen LogP contribution in [0.2, 0.25) is 5.02 Å². The average molecular weight is 374 g/mol. The molecular weight excluding hydrogens is 358 g/mol. The van der Waals surface area contributed by atoms with Crippen molar-refractivity contribution in [3.05, 3.63) is 70.2 Å². The molecule has 1 N–H and O–H groups in total. The summed E-state index contributed by atoms with van der Waals surface area (Å²) in [5.74, 6) is 1.16. The Hall–Kier alpha value is -2.31. The first-order valence-corrected chi connectivity index (χ1v) is 8.98. The number of pyridine rings is 1. The third kappa shape index (κ3) is 4.03. The van der Waals surface area contributed by atoms with E-state index in [9.17, 15) is 4.79 Å². The van der Waals surface area contributed by atoms with Gasteiger partial charge >= 0.3 is 0 Å². The number of rotatable bonds is 5. The van der Waals surface area contributed by atoms with Crippen LogP contribution < -0.4 is 5.32 Å². The van der Waals surface area contributed by atoms with Crippen molar-refractivity contribution < 1.29 is 9.32 Å². The summed E-state index contributed by atoms with van der Waals surface area (Å²) in [6.07, 6.45) is 1.67. The summed E-state index contributed by atoms with van der Waals surface area (Å²) in [5.41, 5.74) is 2.94. The Morgan fingerprint density at radius 1 is 1.24 bits per heavy atom. The van der Waals surface area contributed by atoms with Crippen LogP contribution in [0.1, 0.15) is 27.4 Å². The Morgan fingerprint density at radius 3 is 2.76 bits per heavy atom. The number of amides is 1. The standard InChI is InChI=1S/C18H16ClN3O2S/c1-11-14(12(2)24-22-11)10-25-18-13(6-5-9-20-18)17(23)21-16-8-4-3-7-15(16)19/h3-9H,10H2,1-2H3,(H,21,23). The lowest BCUT2D eigenvalue weighted by Gasteiger charge is -2.10. The molecular formula is C18H16ClN3O2S. The number of hydrogen-bond acceptors (Lipinski definition) is 5. The first-order chi connectivity index (χ1) is 12.1. The molecule has 0 saturated carbocycles. The SMILES string of the molecule is Cc1noc(C)c1CSc1ncccc1C(=O)Nc1ccccc1Cl. The molecule has 3 aromatic rings. The van der Waals surface area contributed by atoms with Gasteiger partial charge in [0.25, 0.3) is 5.91 Å². The van der Waals surface area contributed by atoms with Crippen LogP contribution >= 0.6 is 23.4 Å².